The van der Waals surface area contributed by atoms with Gasteiger partial charge in [0.15, 0.2) is 0 Å². The number of benzene rings is 1. The van der Waals surface area contributed by atoms with Crippen molar-refractivity contribution in [3.8, 4) is 5.75 Å². The summed E-state index contributed by atoms with van der Waals surface area (Å²) in [6.07, 6.45) is 4.02. The lowest BCUT2D eigenvalue weighted by atomic mass is 9.99. The molecule has 0 saturated heterocycles. The molecule has 2 heteroatoms. The molecule has 0 spiro atoms. The summed E-state index contributed by atoms with van der Waals surface area (Å²) >= 11 is 0. The first-order valence-electron chi connectivity index (χ1n) is 7.43. The second kappa shape index (κ2) is 5.96. The Hall–Kier alpha value is -1.02. The van der Waals surface area contributed by atoms with Crippen LogP contribution in [0.15, 0.2) is 24.3 Å². The van der Waals surface area contributed by atoms with Crippen molar-refractivity contribution in [3.63, 3.8) is 0 Å². The van der Waals surface area contributed by atoms with Gasteiger partial charge in [-0.2, -0.15) is 0 Å². The molecule has 1 fully saturated rings. The first-order chi connectivity index (χ1) is 8.92. The maximum Gasteiger partial charge on any atom is 0.119 e. The minimum Gasteiger partial charge on any atom is -0.490 e. The fourth-order valence-electron chi connectivity index (χ4n) is 2.08. The van der Waals surface area contributed by atoms with E-state index in [4.69, 9.17) is 4.74 Å². The molecule has 0 bridgehead atoms. The SMILES string of the molecule is CC(CNC(C)(C)C)Cc1cccc(OC2CC2)c1. The average molecular weight is 261 g/mol. The van der Waals surface area contributed by atoms with Crippen molar-refractivity contribution >= 4 is 0 Å². The molecular formula is C17H27NO. The zero-order valence-corrected chi connectivity index (χ0v) is 12.7. The van der Waals surface area contributed by atoms with E-state index in [9.17, 15) is 0 Å². The Kier molecular flexibility index (Phi) is 4.51. The van der Waals surface area contributed by atoms with Crippen molar-refractivity contribution in [3.05, 3.63) is 29.8 Å². The number of hydrogen-bond donors (Lipinski definition) is 1. The van der Waals surface area contributed by atoms with Crippen LogP contribution in [-0.4, -0.2) is 18.2 Å². The van der Waals surface area contributed by atoms with E-state index in [2.05, 4.69) is 57.3 Å². The van der Waals surface area contributed by atoms with Crippen molar-refractivity contribution in [2.24, 2.45) is 5.92 Å². The molecule has 1 aliphatic carbocycles. The third-order valence-electron chi connectivity index (χ3n) is 3.29. The van der Waals surface area contributed by atoms with Gasteiger partial charge in [-0.1, -0.05) is 19.1 Å². The topological polar surface area (TPSA) is 21.3 Å². The van der Waals surface area contributed by atoms with Gasteiger partial charge in [0.1, 0.15) is 5.75 Å². The highest BCUT2D eigenvalue weighted by atomic mass is 16.5. The summed E-state index contributed by atoms with van der Waals surface area (Å²) < 4.78 is 5.85. The van der Waals surface area contributed by atoms with E-state index in [1.165, 1.54) is 18.4 Å². The summed E-state index contributed by atoms with van der Waals surface area (Å²) in [6.45, 7) is 9.99. The smallest absolute Gasteiger partial charge is 0.119 e. The molecule has 1 unspecified atom stereocenters. The van der Waals surface area contributed by atoms with E-state index in [1.54, 1.807) is 0 Å². The summed E-state index contributed by atoms with van der Waals surface area (Å²) in [5.41, 5.74) is 1.58. The largest absolute Gasteiger partial charge is 0.490 e. The molecular weight excluding hydrogens is 234 g/mol. The van der Waals surface area contributed by atoms with Crippen LogP contribution in [0, 0.1) is 5.92 Å². The molecule has 2 rings (SSSR count). The molecule has 0 aromatic heterocycles. The fourth-order valence-corrected chi connectivity index (χ4v) is 2.08. The van der Waals surface area contributed by atoms with Crippen LogP contribution in [0.5, 0.6) is 5.75 Å². The van der Waals surface area contributed by atoms with Crippen LogP contribution in [0.3, 0.4) is 0 Å². The van der Waals surface area contributed by atoms with Crippen LogP contribution < -0.4 is 10.1 Å². The maximum absolute atomic E-state index is 5.85. The third kappa shape index (κ3) is 5.65. The zero-order chi connectivity index (χ0) is 13.9. The number of hydrogen-bond acceptors (Lipinski definition) is 2. The van der Waals surface area contributed by atoms with E-state index in [0.29, 0.717) is 12.0 Å². The average Bonchev–Trinajstić information content (AvgIpc) is 3.10. The first-order valence-corrected chi connectivity index (χ1v) is 7.43. The van der Waals surface area contributed by atoms with E-state index in [1.807, 2.05) is 0 Å². The van der Waals surface area contributed by atoms with E-state index < -0.39 is 0 Å². The third-order valence-corrected chi connectivity index (χ3v) is 3.29. The molecule has 1 atom stereocenters. The molecule has 0 aliphatic heterocycles. The Morgan fingerprint density at radius 2 is 2.05 bits per heavy atom. The Morgan fingerprint density at radius 1 is 1.32 bits per heavy atom. The molecule has 2 nitrogen and oxygen atoms in total. The van der Waals surface area contributed by atoms with Crippen LogP contribution in [-0.2, 0) is 6.42 Å². The molecule has 1 aromatic rings. The van der Waals surface area contributed by atoms with Gasteiger partial charge < -0.3 is 10.1 Å². The normalized spacial score (nSPS) is 17.3. The van der Waals surface area contributed by atoms with Crippen LogP contribution in [0.2, 0.25) is 0 Å². The number of rotatable bonds is 6. The molecule has 19 heavy (non-hydrogen) atoms. The number of ether oxygens (including phenoxy) is 1. The highest BCUT2D eigenvalue weighted by Crippen LogP contribution is 2.27. The second-order valence-electron chi connectivity index (χ2n) is 6.90. The zero-order valence-electron chi connectivity index (χ0n) is 12.7. The maximum atomic E-state index is 5.85. The number of nitrogens with one attached hydrogen (secondary N) is 1. The van der Waals surface area contributed by atoms with Crippen LogP contribution in [0.4, 0.5) is 0 Å². The molecule has 0 radical (unpaired) electrons. The van der Waals surface area contributed by atoms with E-state index in [0.717, 1.165) is 18.7 Å². The quantitative estimate of drug-likeness (QED) is 0.841. The highest BCUT2D eigenvalue weighted by Gasteiger charge is 2.23. The lowest BCUT2D eigenvalue weighted by Crippen LogP contribution is -2.39. The highest BCUT2D eigenvalue weighted by molar-refractivity contribution is 5.29. The van der Waals surface area contributed by atoms with Gasteiger partial charge in [-0.15, -0.1) is 0 Å². The van der Waals surface area contributed by atoms with Crippen molar-refractivity contribution in [1.29, 1.82) is 0 Å². The van der Waals surface area contributed by atoms with Crippen molar-refractivity contribution in [2.75, 3.05) is 6.54 Å². The van der Waals surface area contributed by atoms with Crippen LogP contribution in [0.25, 0.3) is 0 Å². The van der Waals surface area contributed by atoms with Gasteiger partial charge in [0.25, 0.3) is 0 Å². The molecule has 106 valence electrons. The summed E-state index contributed by atoms with van der Waals surface area (Å²) in [5, 5.41) is 3.57. The summed E-state index contributed by atoms with van der Waals surface area (Å²) in [4.78, 5) is 0. The molecule has 0 heterocycles. The van der Waals surface area contributed by atoms with Gasteiger partial charge >= 0.3 is 0 Å². The molecule has 1 aliphatic rings. The Morgan fingerprint density at radius 3 is 2.68 bits per heavy atom. The predicted octanol–water partition coefficient (Wildman–Crippen LogP) is 3.79. The van der Waals surface area contributed by atoms with Crippen molar-refractivity contribution < 1.29 is 4.74 Å². The van der Waals surface area contributed by atoms with Gasteiger partial charge in [0.05, 0.1) is 6.10 Å². The summed E-state index contributed by atoms with van der Waals surface area (Å²) in [5.74, 6) is 1.67. The standard InChI is InChI=1S/C17H27NO/c1-13(12-18-17(2,3)4)10-14-6-5-7-16(11-14)19-15-8-9-15/h5-7,11,13,15,18H,8-10,12H2,1-4H3. The molecule has 1 N–H and O–H groups in total. The van der Waals surface area contributed by atoms with E-state index >= 15 is 0 Å². The van der Waals surface area contributed by atoms with Crippen LogP contribution >= 0.6 is 0 Å². The fraction of sp³-hybridized carbons (Fsp3) is 0.647. The van der Waals surface area contributed by atoms with E-state index in [-0.39, 0.29) is 5.54 Å². The summed E-state index contributed by atoms with van der Waals surface area (Å²) in [6, 6.07) is 8.58. The van der Waals surface area contributed by atoms with Crippen LogP contribution in [0.1, 0.15) is 46.1 Å². The Balaban J connectivity index is 1.83. The van der Waals surface area contributed by atoms with Gasteiger partial charge in [0, 0.05) is 5.54 Å². The van der Waals surface area contributed by atoms with Gasteiger partial charge in [-0.3, -0.25) is 0 Å². The lowest BCUT2D eigenvalue weighted by molar-refractivity contribution is 0.302. The van der Waals surface area contributed by atoms with Gasteiger partial charge in [0.2, 0.25) is 0 Å². The Labute approximate surface area is 117 Å². The lowest BCUT2D eigenvalue weighted by Gasteiger charge is -2.23. The minimum atomic E-state index is 0.200. The van der Waals surface area contributed by atoms with Gasteiger partial charge in [-0.25, -0.2) is 0 Å². The van der Waals surface area contributed by atoms with Crippen molar-refractivity contribution in [1.82, 2.24) is 5.32 Å². The second-order valence-corrected chi connectivity index (χ2v) is 6.90. The minimum absolute atomic E-state index is 0.200. The van der Waals surface area contributed by atoms with Gasteiger partial charge in [-0.05, 0) is 70.2 Å². The van der Waals surface area contributed by atoms with Crippen molar-refractivity contribution in [2.45, 2.75) is 58.6 Å². The molecule has 0 amide bonds. The molecule has 1 saturated carbocycles. The molecule has 1 aromatic carbocycles. The summed E-state index contributed by atoms with van der Waals surface area (Å²) in [7, 11) is 0. The predicted molar refractivity (Wildman–Crippen MR) is 80.7 cm³/mol. The Bertz CT molecular complexity index is 404. The monoisotopic (exact) mass is 261 g/mol. The first kappa shape index (κ1) is 14.4.